The van der Waals surface area contributed by atoms with Crippen LogP contribution in [0, 0.1) is 6.92 Å². The van der Waals surface area contributed by atoms with Crippen molar-refractivity contribution < 1.29 is 0 Å². The molecule has 0 saturated carbocycles. The Labute approximate surface area is 290 Å². The second-order valence-corrected chi connectivity index (χ2v) is 13.1. The highest BCUT2D eigenvalue weighted by molar-refractivity contribution is 5.97. The molecule has 0 amide bonds. The van der Waals surface area contributed by atoms with E-state index in [1.807, 2.05) is 18.3 Å². The van der Waals surface area contributed by atoms with E-state index in [9.17, 15) is 0 Å². The normalized spacial score (nSPS) is 13.1. The van der Waals surface area contributed by atoms with Gasteiger partial charge < -0.3 is 0 Å². The van der Waals surface area contributed by atoms with Crippen molar-refractivity contribution in [3.63, 3.8) is 0 Å². The number of fused-ring (bicyclic) bond motifs is 12. The summed E-state index contributed by atoms with van der Waals surface area (Å²) in [5.74, 6) is 1.85. The first kappa shape index (κ1) is 28.5. The van der Waals surface area contributed by atoms with Crippen LogP contribution in [0.4, 0.5) is 0 Å². The Balaban J connectivity index is 1.31. The van der Waals surface area contributed by atoms with Crippen LogP contribution in [0.15, 0.2) is 164 Å². The van der Waals surface area contributed by atoms with Crippen molar-refractivity contribution in [2.24, 2.45) is 0 Å². The second kappa shape index (κ2) is 11.0. The molecule has 2 heterocycles. The average Bonchev–Trinajstić information content (AvgIpc) is 3.43. The van der Waals surface area contributed by atoms with Crippen molar-refractivity contribution in [1.29, 1.82) is 0 Å². The highest BCUT2D eigenvalue weighted by Crippen LogP contribution is 2.61. The van der Waals surface area contributed by atoms with Crippen molar-refractivity contribution in [3.05, 3.63) is 192 Å². The van der Waals surface area contributed by atoms with E-state index in [1.165, 1.54) is 61.2 Å². The van der Waals surface area contributed by atoms with Gasteiger partial charge in [-0.2, -0.15) is 0 Å². The third-order valence-corrected chi connectivity index (χ3v) is 10.3. The Morgan fingerprint density at radius 2 is 0.840 bits per heavy atom. The lowest BCUT2D eigenvalue weighted by Gasteiger charge is -2.35. The molecule has 0 N–H and O–H groups in total. The molecule has 10 rings (SSSR count). The molecule has 0 bridgehead atoms. The Bertz CT molecular complexity index is 2560. The minimum absolute atomic E-state index is 0.576. The maximum absolute atomic E-state index is 5.15. The summed E-state index contributed by atoms with van der Waals surface area (Å²) >= 11 is 0. The molecule has 0 saturated heterocycles. The van der Waals surface area contributed by atoms with E-state index >= 15 is 0 Å². The quantitative estimate of drug-likeness (QED) is 0.193. The summed E-state index contributed by atoms with van der Waals surface area (Å²) in [5, 5.41) is 0. The molecule has 2 aliphatic carbocycles. The van der Waals surface area contributed by atoms with E-state index in [0.29, 0.717) is 17.5 Å². The van der Waals surface area contributed by atoms with Crippen molar-refractivity contribution in [2.75, 3.05) is 0 Å². The molecule has 0 fully saturated rings. The lowest BCUT2D eigenvalue weighted by atomic mass is 9.65. The number of hydrogen-bond acceptors (Lipinski definition) is 4. The molecule has 0 aliphatic heterocycles. The number of benzene rings is 6. The fourth-order valence-corrected chi connectivity index (χ4v) is 8.15. The van der Waals surface area contributed by atoms with Gasteiger partial charge in [-0.1, -0.05) is 139 Å². The zero-order chi connectivity index (χ0) is 33.2. The highest BCUT2D eigenvalue weighted by Gasteiger charge is 2.49. The minimum Gasteiger partial charge on any atom is -0.264 e. The molecular formula is C46H30N4. The first-order valence-corrected chi connectivity index (χ1v) is 17.0. The number of rotatable bonds is 3. The van der Waals surface area contributed by atoms with Crippen molar-refractivity contribution >= 4 is 0 Å². The lowest BCUT2D eigenvalue weighted by molar-refractivity contribution is 0.775. The zero-order valence-electron chi connectivity index (χ0n) is 27.4. The van der Waals surface area contributed by atoms with Crippen molar-refractivity contribution in [1.82, 2.24) is 19.9 Å². The summed E-state index contributed by atoms with van der Waals surface area (Å²) in [4.78, 5) is 19.6. The van der Waals surface area contributed by atoms with Crippen LogP contribution in [0.5, 0.6) is 0 Å². The molecule has 0 unspecified atom stereocenters. The van der Waals surface area contributed by atoms with Gasteiger partial charge in [0.2, 0.25) is 0 Å². The van der Waals surface area contributed by atoms with Crippen molar-refractivity contribution in [3.8, 4) is 67.5 Å². The third-order valence-electron chi connectivity index (χ3n) is 10.3. The Morgan fingerprint density at radius 3 is 1.40 bits per heavy atom. The van der Waals surface area contributed by atoms with Crippen LogP contribution in [0.2, 0.25) is 0 Å². The van der Waals surface area contributed by atoms with Crippen LogP contribution in [-0.2, 0) is 5.41 Å². The molecule has 0 radical (unpaired) electrons. The molecule has 6 aromatic carbocycles. The molecule has 2 aromatic heterocycles. The zero-order valence-corrected chi connectivity index (χ0v) is 27.4. The molecule has 234 valence electrons. The number of pyridine rings is 1. The van der Waals surface area contributed by atoms with Crippen LogP contribution >= 0.6 is 0 Å². The molecule has 8 aromatic rings. The van der Waals surface area contributed by atoms with E-state index in [4.69, 9.17) is 15.0 Å². The van der Waals surface area contributed by atoms with Gasteiger partial charge in [-0.05, 0) is 80.8 Å². The number of nitrogens with zero attached hydrogens (tertiary/aromatic N) is 4. The van der Waals surface area contributed by atoms with Gasteiger partial charge in [0.15, 0.2) is 17.5 Å². The molecule has 4 heteroatoms. The molecule has 0 atom stereocenters. The first-order valence-electron chi connectivity index (χ1n) is 17.0. The van der Waals surface area contributed by atoms with E-state index in [2.05, 4.69) is 151 Å². The summed E-state index contributed by atoms with van der Waals surface area (Å²) in [6, 6.07) is 54.7. The SMILES string of the molecule is Cc1ccc(-c2nc(-c3cccnc3)nc(-c3ccc4c(c3)C3(c5ccccc5-c5ccccc5-4)c4ccccc4-c4ccccc43)n2)cc1. The van der Waals surface area contributed by atoms with Gasteiger partial charge in [-0.25, -0.2) is 15.0 Å². The largest absolute Gasteiger partial charge is 0.264 e. The summed E-state index contributed by atoms with van der Waals surface area (Å²) in [6.45, 7) is 2.09. The third kappa shape index (κ3) is 4.12. The molecule has 1 spiro atoms. The second-order valence-electron chi connectivity index (χ2n) is 13.1. The monoisotopic (exact) mass is 638 g/mol. The van der Waals surface area contributed by atoms with Gasteiger partial charge in [0.1, 0.15) is 0 Å². The smallest absolute Gasteiger partial charge is 0.165 e. The van der Waals surface area contributed by atoms with E-state index < -0.39 is 5.41 Å². The average molecular weight is 639 g/mol. The number of hydrogen-bond donors (Lipinski definition) is 0. The topological polar surface area (TPSA) is 51.6 Å². The minimum atomic E-state index is -0.576. The van der Waals surface area contributed by atoms with E-state index in [0.717, 1.165) is 16.7 Å². The number of aryl methyl sites for hydroxylation is 1. The number of aromatic nitrogens is 4. The van der Waals surface area contributed by atoms with Gasteiger partial charge in [0, 0.05) is 29.1 Å². The van der Waals surface area contributed by atoms with E-state index in [-0.39, 0.29) is 0 Å². The van der Waals surface area contributed by atoms with Crippen LogP contribution in [0.25, 0.3) is 67.5 Å². The predicted octanol–water partition coefficient (Wildman–Crippen LogP) is 10.6. The Hall–Kier alpha value is -6.52. The summed E-state index contributed by atoms with van der Waals surface area (Å²) in [7, 11) is 0. The lowest BCUT2D eigenvalue weighted by Crippen LogP contribution is -2.29. The summed E-state index contributed by atoms with van der Waals surface area (Å²) < 4.78 is 0. The van der Waals surface area contributed by atoms with Crippen LogP contribution in [-0.4, -0.2) is 19.9 Å². The predicted molar refractivity (Wildman–Crippen MR) is 200 cm³/mol. The van der Waals surface area contributed by atoms with Gasteiger partial charge in [0.05, 0.1) is 5.41 Å². The van der Waals surface area contributed by atoms with Crippen LogP contribution in [0.1, 0.15) is 27.8 Å². The van der Waals surface area contributed by atoms with Crippen LogP contribution < -0.4 is 0 Å². The highest BCUT2D eigenvalue weighted by atomic mass is 15.0. The fourth-order valence-electron chi connectivity index (χ4n) is 8.15. The standard InChI is InChI=1S/C46H30N4/c1-29-20-22-30(23-21-29)43-48-44(50-45(49-43)32-11-10-26-47-28-32)31-24-25-38-34-13-3-2-12-33(34)35-14-4-7-17-39(35)46(42(38)27-31)40-18-8-5-15-36(40)37-16-6-9-19-41(37)46/h2-28H,1H3. The van der Waals surface area contributed by atoms with Gasteiger partial charge >= 0.3 is 0 Å². The fraction of sp³-hybridized carbons (Fsp3) is 0.0435. The van der Waals surface area contributed by atoms with Crippen LogP contribution in [0.3, 0.4) is 0 Å². The van der Waals surface area contributed by atoms with Gasteiger partial charge in [-0.15, -0.1) is 0 Å². The molecule has 4 nitrogen and oxygen atoms in total. The van der Waals surface area contributed by atoms with Crippen molar-refractivity contribution in [2.45, 2.75) is 12.3 Å². The summed E-state index contributed by atoms with van der Waals surface area (Å²) in [5.41, 5.74) is 15.8. The molecular weight excluding hydrogens is 609 g/mol. The maximum atomic E-state index is 5.15. The Kier molecular flexibility index (Phi) is 6.27. The first-order chi connectivity index (χ1) is 24.7. The molecule has 2 aliphatic rings. The van der Waals surface area contributed by atoms with Gasteiger partial charge in [0.25, 0.3) is 0 Å². The van der Waals surface area contributed by atoms with E-state index in [1.54, 1.807) is 6.20 Å². The Morgan fingerprint density at radius 1 is 0.380 bits per heavy atom. The van der Waals surface area contributed by atoms with Gasteiger partial charge in [-0.3, -0.25) is 4.98 Å². The molecule has 50 heavy (non-hydrogen) atoms. The maximum Gasteiger partial charge on any atom is 0.165 e. The summed E-state index contributed by atoms with van der Waals surface area (Å²) in [6.07, 6.45) is 3.58.